The van der Waals surface area contributed by atoms with Gasteiger partial charge in [0.25, 0.3) is 11.5 Å². The van der Waals surface area contributed by atoms with Crippen molar-refractivity contribution < 1.29 is 4.79 Å². The summed E-state index contributed by atoms with van der Waals surface area (Å²) < 4.78 is 1.51. The highest BCUT2D eigenvalue weighted by atomic mass is 35.5. The van der Waals surface area contributed by atoms with Crippen molar-refractivity contribution in [2.24, 2.45) is 4.99 Å². The molecular formula is C19H15ClN4O2S. The van der Waals surface area contributed by atoms with Gasteiger partial charge in [0.1, 0.15) is 11.2 Å². The molecule has 0 fully saturated rings. The zero-order chi connectivity index (χ0) is 18.8. The van der Waals surface area contributed by atoms with E-state index in [2.05, 4.69) is 15.3 Å². The number of pyridine rings is 2. The van der Waals surface area contributed by atoms with Crippen LogP contribution in [0.1, 0.15) is 15.9 Å². The number of nitrogens with zero attached hydrogens (tertiary/aromatic N) is 3. The Morgan fingerprint density at radius 3 is 2.81 bits per heavy atom. The van der Waals surface area contributed by atoms with Crippen LogP contribution in [0.3, 0.4) is 0 Å². The molecular weight excluding hydrogens is 384 g/mol. The normalized spacial score (nSPS) is 13.6. The SMILES string of the molecule is O=C(NC1=NCCS1)c1cc2cccnc2n(Cc2ccc(Cl)cc2)c1=O. The van der Waals surface area contributed by atoms with Crippen LogP contribution in [0.2, 0.25) is 5.02 Å². The predicted octanol–water partition coefficient (Wildman–Crippen LogP) is 2.93. The van der Waals surface area contributed by atoms with E-state index in [1.54, 1.807) is 30.5 Å². The van der Waals surface area contributed by atoms with Crippen molar-refractivity contribution in [3.8, 4) is 0 Å². The fourth-order valence-electron chi connectivity index (χ4n) is 2.86. The van der Waals surface area contributed by atoms with E-state index in [0.717, 1.165) is 16.7 Å². The van der Waals surface area contributed by atoms with Gasteiger partial charge in [0, 0.05) is 22.4 Å². The van der Waals surface area contributed by atoms with Gasteiger partial charge in [-0.05, 0) is 35.9 Å². The number of aliphatic imine (C=N–C) groups is 1. The molecule has 0 aliphatic carbocycles. The molecule has 0 radical (unpaired) electrons. The number of halogens is 1. The highest BCUT2D eigenvalue weighted by Crippen LogP contribution is 2.15. The molecule has 1 aliphatic rings. The minimum atomic E-state index is -0.455. The summed E-state index contributed by atoms with van der Waals surface area (Å²) in [5.74, 6) is 0.377. The number of amides is 1. The van der Waals surface area contributed by atoms with E-state index in [0.29, 0.717) is 28.9 Å². The largest absolute Gasteiger partial charge is 0.301 e. The molecule has 6 nitrogen and oxygen atoms in total. The zero-order valence-electron chi connectivity index (χ0n) is 14.2. The molecule has 2 aromatic heterocycles. The molecule has 0 bridgehead atoms. The van der Waals surface area contributed by atoms with Crippen molar-refractivity contribution in [2.45, 2.75) is 6.54 Å². The highest BCUT2D eigenvalue weighted by Gasteiger charge is 2.19. The average Bonchev–Trinajstić information content (AvgIpc) is 3.18. The van der Waals surface area contributed by atoms with Gasteiger partial charge in [-0.15, -0.1) is 0 Å². The molecule has 136 valence electrons. The molecule has 1 aromatic carbocycles. The second-order valence-corrected chi connectivity index (χ2v) is 7.50. The minimum Gasteiger partial charge on any atom is -0.301 e. The first-order valence-corrected chi connectivity index (χ1v) is 9.70. The van der Waals surface area contributed by atoms with E-state index >= 15 is 0 Å². The summed E-state index contributed by atoms with van der Waals surface area (Å²) in [6, 6.07) is 12.4. The molecule has 0 saturated carbocycles. The third-order valence-corrected chi connectivity index (χ3v) is 5.30. The lowest BCUT2D eigenvalue weighted by molar-refractivity contribution is 0.0976. The lowest BCUT2D eigenvalue weighted by Gasteiger charge is -2.12. The first-order valence-electron chi connectivity index (χ1n) is 8.33. The molecule has 1 N–H and O–H groups in total. The maximum atomic E-state index is 13.1. The molecule has 0 unspecified atom stereocenters. The molecule has 8 heteroatoms. The van der Waals surface area contributed by atoms with Gasteiger partial charge in [-0.2, -0.15) is 0 Å². The van der Waals surface area contributed by atoms with Gasteiger partial charge in [-0.3, -0.25) is 19.1 Å². The van der Waals surface area contributed by atoms with Crippen LogP contribution in [0.5, 0.6) is 0 Å². The van der Waals surface area contributed by atoms with E-state index in [1.807, 2.05) is 18.2 Å². The monoisotopic (exact) mass is 398 g/mol. The van der Waals surface area contributed by atoms with E-state index in [9.17, 15) is 9.59 Å². The maximum Gasteiger partial charge on any atom is 0.265 e. The van der Waals surface area contributed by atoms with Crippen LogP contribution >= 0.6 is 23.4 Å². The Hall–Kier alpha value is -2.64. The number of thioether (sulfide) groups is 1. The van der Waals surface area contributed by atoms with Crippen LogP contribution in [-0.4, -0.2) is 32.9 Å². The number of carbonyl (C=O) groups is 1. The van der Waals surface area contributed by atoms with Crippen LogP contribution in [-0.2, 0) is 6.54 Å². The summed E-state index contributed by atoms with van der Waals surface area (Å²) in [6.45, 7) is 0.961. The Morgan fingerprint density at radius 1 is 1.26 bits per heavy atom. The first-order chi connectivity index (χ1) is 13.1. The summed E-state index contributed by atoms with van der Waals surface area (Å²) in [7, 11) is 0. The molecule has 4 rings (SSSR count). The Kier molecular flexibility index (Phi) is 4.96. The van der Waals surface area contributed by atoms with Gasteiger partial charge in [0.2, 0.25) is 0 Å². The van der Waals surface area contributed by atoms with E-state index in [1.165, 1.54) is 16.3 Å². The summed E-state index contributed by atoms with van der Waals surface area (Å²) in [5, 5.41) is 4.61. The Bertz CT molecular complexity index is 1110. The van der Waals surface area contributed by atoms with Crippen LogP contribution in [0.25, 0.3) is 11.0 Å². The van der Waals surface area contributed by atoms with Gasteiger partial charge in [-0.1, -0.05) is 35.5 Å². The molecule has 3 heterocycles. The Labute approximate surface area is 164 Å². The average molecular weight is 399 g/mol. The smallest absolute Gasteiger partial charge is 0.265 e. The summed E-state index contributed by atoms with van der Waals surface area (Å²) in [6.07, 6.45) is 1.63. The number of hydrogen-bond acceptors (Lipinski definition) is 5. The number of benzene rings is 1. The van der Waals surface area contributed by atoms with Crippen LogP contribution in [0, 0.1) is 0 Å². The van der Waals surface area contributed by atoms with Crippen LogP contribution < -0.4 is 10.9 Å². The number of carbonyl (C=O) groups excluding carboxylic acids is 1. The van der Waals surface area contributed by atoms with Crippen molar-refractivity contribution >= 4 is 45.5 Å². The van der Waals surface area contributed by atoms with Crippen molar-refractivity contribution in [3.63, 3.8) is 0 Å². The lowest BCUT2D eigenvalue weighted by atomic mass is 10.1. The molecule has 0 atom stereocenters. The molecule has 0 saturated heterocycles. The molecule has 27 heavy (non-hydrogen) atoms. The lowest BCUT2D eigenvalue weighted by Crippen LogP contribution is -2.35. The van der Waals surface area contributed by atoms with Gasteiger partial charge < -0.3 is 5.32 Å². The molecule has 0 spiro atoms. The quantitative estimate of drug-likeness (QED) is 0.736. The number of rotatable bonds is 3. The van der Waals surface area contributed by atoms with Gasteiger partial charge >= 0.3 is 0 Å². The van der Waals surface area contributed by atoms with Crippen molar-refractivity contribution in [2.75, 3.05) is 12.3 Å². The molecule has 1 amide bonds. The summed E-state index contributed by atoms with van der Waals surface area (Å²) in [5.41, 5.74) is 1.10. The zero-order valence-corrected chi connectivity index (χ0v) is 15.8. The number of amidine groups is 1. The van der Waals surface area contributed by atoms with Crippen molar-refractivity contribution in [3.05, 3.63) is 75.2 Å². The van der Waals surface area contributed by atoms with E-state index < -0.39 is 11.5 Å². The van der Waals surface area contributed by atoms with E-state index in [4.69, 9.17) is 11.6 Å². The van der Waals surface area contributed by atoms with Gasteiger partial charge in [0.05, 0.1) is 13.1 Å². The van der Waals surface area contributed by atoms with E-state index in [-0.39, 0.29) is 5.56 Å². The van der Waals surface area contributed by atoms with Crippen LogP contribution in [0.4, 0.5) is 0 Å². The van der Waals surface area contributed by atoms with Crippen molar-refractivity contribution in [1.82, 2.24) is 14.9 Å². The minimum absolute atomic E-state index is 0.0691. The maximum absolute atomic E-state index is 13.1. The Balaban J connectivity index is 1.78. The van der Waals surface area contributed by atoms with Gasteiger partial charge in [0.15, 0.2) is 5.17 Å². The molecule has 1 aliphatic heterocycles. The Morgan fingerprint density at radius 2 is 2.07 bits per heavy atom. The predicted molar refractivity (Wildman–Crippen MR) is 109 cm³/mol. The van der Waals surface area contributed by atoms with Gasteiger partial charge in [-0.25, -0.2) is 4.98 Å². The van der Waals surface area contributed by atoms with Crippen LogP contribution in [0.15, 0.2) is 58.4 Å². The topological polar surface area (TPSA) is 76.3 Å². The second-order valence-electron chi connectivity index (χ2n) is 5.98. The standard InChI is InChI=1S/C19H15ClN4O2S/c20-14-5-3-12(4-6-14)11-24-16-13(2-1-7-21-16)10-15(18(24)26)17(25)23-19-22-8-9-27-19/h1-7,10H,8-9,11H2,(H,22,23,25). The molecule has 3 aromatic rings. The fraction of sp³-hybridized carbons (Fsp3) is 0.158. The summed E-state index contributed by atoms with van der Waals surface area (Å²) in [4.78, 5) is 34.3. The highest BCUT2D eigenvalue weighted by molar-refractivity contribution is 8.14. The fourth-order valence-corrected chi connectivity index (χ4v) is 3.71. The van der Waals surface area contributed by atoms with Crippen molar-refractivity contribution in [1.29, 1.82) is 0 Å². The second kappa shape index (κ2) is 7.54. The number of hydrogen-bond donors (Lipinski definition) is 1. The number of aromatic nitrogens is 2. The first kappa shape index (κ1) is 17.8. The number of fused-ring (bicyclic) bond motifs is 1. The third kappa shape index (κ3) is 3.74. The third-order valence-electron chi connectivity index (χ3n) is 4.15. The number of nitrogens with one attached hydrogen (secondary N) is 1. The summed E-state index contributed by atoms with van der Waals surface area (Å²) >= 11 is 7.41.